The highest BCUT2D eigenvalue weighted by molar-refractivity contribution is 5.76. The first kappa shape index (κ1) is 13.9. The van der Waals surface area contributed by atoms with E-state index in [1.807, 2.05) is 26.0 Å². The predicted molar refractivity (Wildman–Crippen MR) is 73.4 cm³/mol. The van der Waals surface area contributed by atoms with Gasteiger partial charge in [-0.1, -0.05) is 17.7 Å². The lowest BCUT2D eigenvalue weighted by Crippen LogP contribution is -2.43. The molecule has 1 N–H and O–H groups in total. The number of carbonyl (C=O) groups excluding carboxylic acids is 1. The van der Waals surface area contributed by atoms with Crippen molar-refractivity contribution >= 4 is 5.97 Å². The molecule has 0 saturated heterocycles. The minimum absolute atomic E-state index is 0.267. The second kappa shape index (κ2) is 6.06. The number of benzene rings is 1. The normalized spacial score (nSPS) is 15.9. The van der Waals surface area contributed by atoms with Crippen molar-refractivity contribution in [2.24, 2.45) is 0 Å². The van der Waals surface area contributed by atoms with Crippen molar-refractivity contribution in [2.45, 2.75) is 38.8 Å². The van der Waals surface area contributed by atoms with Crippen LogP contribution in [0.5, 0.6) is 5.75 Å². The molecule has 1 aliphatic carbocycles. The van der Waals surface area contributed by atoms with Gasteiger partial charge in [0.15, 0.2) is 0 Å². The molecule has 104 valence electrons. The van der Waals surface area contributed by atoms with Crippen molar-refractivity contribution < 1.29 is 14.3 Å². The molecule has 4 nitrogen and oxygen atoms in total. The van der Waals surface area contributed by atoms with Gasteiger partial charge in [-0.25, -0.2) is 0 Å². The molecule has 1 unspecified atom stereocenters. The SMILES string of the molecule is COC(=O)C(COc1ccc(C)cc1C)NC1CC1. The van der Waals surface area contributed by atoms with Crippen LogP contribution in [-0.4, -0.2) is 31.8 Å². The van der Waals surface area contributed by atoms with Gasteiger partial charge in [-0.3, -0.25) is 10.1 Å². The molecule has 0 bridgehead atoms. The van der Waals surface area contributed by atoms with Crippen LogP contribution in [-0.2, 0) is 9.53 Å². The minimum Gasteiger partial charge on any atom is -0.491 e. The fourth-order valence-corrected chi connectivity index (χ4v) is 2.00. The molecule has 4 heteroatoms. The number of rotatable bonds is 6. The summed E-state index contributed by atoms with van der Waals surface area (Å²) >= 11 is 0. The fraction of sp³-hybridized carbons (Fsp3) is 0.533. The number of hydrogen-bond acceptors (Lipinski definition) is 4. The molecular formula is C15H21NO3. The van der Waals surface area contributed by atoms with E-state index in [9.17, 15) is 4.79 Å². The van der Waals surface area contributed by atoms with Crippen molar-refractivity contribution in [3.8, 4) is 5.75 Å². The van der Waals surface area contributed by atoms with E-state index in [2.05, 4.69) is 11.4 Å². The van der Waals surface area contributed by atoms with E-state index in [0.29, 0.717) is 12.6 Å². The number of methoxy groups -OCH3 is 1. The third-order valence-corrected chi connectivity index (χ3v) is 3.24. The summed E-state index contributed by atoms with van der Waals surface area (Å²) in [5, 5.41) is 3.24. The average molecular weight is 263 g/mol. The molecule has 0 spiro atoms. The number of nitrogens with one attached hydrogen (secondary N) is 1. The maximum atomic E-state index is 11.7. The lowest BCUT2D eigenvalue weighted by Gasteiger charge is -2.18. The van der Waals surface area contributed by atoms with Crippen molar-refractivity contribution in [3.05, 3.63) is 29.3 Å². The molecule has 19 heavy (non-hydrogen) atoms. The van der Waals surface area contributed by atoms with Crippen LogP contribution >= 0.6 is 0 Å². The van der Waals surface area contributed by atoms with Crippen LogP contribution in [0.25, 0.3) is 0 Å². The van der Waals surface area contributed by atoms with Gasteiger partial charge >= 0.3 is 5.97 Å². The number of carbonyl (C=O) groups is 1. The highest BCUT2D eigenvalue weighted by atomic mass is 16.5. The van der Waals surface area contributed by atoms with Gasteiger partial charge in [0.05, 0.1) is 7.11 Å². The van der Waals surface area contributed by atoms with Crippen LogP contribution in [0.2, 0.25) is 0 Å². The second-order valence-corrected chi connectivity index (χ2v) is 5.10. The molecule has 2 rings (SSSR count). The van der Waals surface area contributed by atoms with Gasteiger partial charge in [0.25, 0.3) is 0 Å². The van der Waals surface area contributed by atoms with Crippen LogP contribution in [0.1, 0.15) is 24.0 Å². The molecule has 1 fully saturated rings. The Hall–Kier alpha value is -1.55. The Morgan fingerprint density at radius 1 is 1.42 bits per heavy atom. The largest absolute Gasteiger partial charge is 0.491 e. The first-order valence-corrected chi connectivity index (χ1v) is 6.64. The predicted octanol–water partition coefficient (Wildman–Crippen LogP) is 1.98. The van der Waals surface area contributed by atoms with Crippen LogP contribution < -0.4 is 10.1 Å². The Labute approximate surface area is 114 Å². The Morgan fingerprint density at radius 2 is 2.16 bits per heavy atom. The van der Waals surface area contributed by atoms with Crippen LogP contribution in [0.15, 0.2) is 18.2 Å². The van der Waals surface area contributed by atoms with Crippen LogP contribution in [0, 0.1) is 13.8 Å². The number of aryl methyl sites for hydroxylation is 2. The van der Waals surface area contributed by atoms with Gasteiger partial charge < -0.3 is 9.47 Å². The van der Waals surface area contributed by atoms with E-state index in [1.165, 1.54) is 12.7 Å². The zero-order valence-electron chi connectivity index (χ0n) is 11.7. The molecule has 0 aliphatic heterocycles. The zero-order chi connectivity index (χ0) is 13.8. The van der Waals surface area contributed by atoms with E-state index in [4.69, 9.17) is 9.47 Å². The summed E-state index contributed by atoms with van der Waals surface area (Å²) in [6.45, 7) is 4.35. The third kappa shape index (κ3) is 3.96. The van der Waals surface area contributed by atoms with Gasteiger partial charge in [-0.05, 0) is 38.3 Å². The van der Waals surface area contributed by atoms with Gasteiger partial charge in [0.1, 0.15) is 18.4 Å². The molecule has 0 heterocycles. The number of hydrogen-bond donors (Lipinski definition) is 1. The molecule has 0 amide bonds. The van der Waals surface area contributed by atoms with E-state index in [0.717, 1.165) is 24.2 Å². The number of ether oxygens (including phenoxy) is 2. The topological polar surface area (TPSA) is 47.6 Å². The first-order valence-electron chi connectivity index (χ1n) is 6.64. The van der Waals surface area contributed by atoms with Crippen molar-refractivity contribution in [1.82, 2.24) is 5.32 Å². The Kier molecular flexibility index (Phi) is 4.43. The summed E-state index contributed by atoms with van der Waals surface area (Å²) in [6.07, 6.45) is 2.24. The zero-order valence-corrected chi connectivity index (χ0v) is 11.7. The van der Waals surface area contributed by atoms with Gasteiger partial charge in [-0.2, -0.15) is 0 Å². The monoisotopic (exact) mass is 263 g/mol. The molecule has 1 atom stereocenters. The fourth-order valence-electron chi connectivity index (χ4n) is 2.00. The van der Waals surface area contributed by atoms with Crippen molar-refractivity contribution in [2.75, 3.05) is 13.7 Å². The summed E-state index contributed by atoms with van der Waals surface area (Å²) in [7, 11) is 1.40. The van der Waals surface area contributed by atoms with E-state index >= 15 is 0 Å². The average Bonchev–Trinajstić information content (AvgIpc) is 3.19. The van der Waals surface area contributed by atoms with E-state index in [1.54, 1.807) is 0 Å². The number of esters is 1. The second-order valence-electron chi connectivity index (χ2n) is 5.10. The van der Waals surface area contributed by atoms with Crippen LogP contribution in [0.3, 0.4) is 0 Å². The maximum Gasteiger partial charge on any atom is 0.326 e. The van der Waals surface area contributed by atoms with Crippen molar-refractivity contribution in [1.29, 1.82) is 0 Å². The summed E-state index contributed by atoms with van der Waals surface area (Å²) in [4.78, 5) is 11.7. The standard InChI is InChI=1S/C15H21NO3/c1-10-4-7-14(11(2)8-10)19-9-13(15(17)18-3)16-12-5-6-12/h4,7-8,12-13,16H,5-6,9H2,1-3H3. The van der Waals surface area contributed by atoms with Gasteiger partial charge in [0, 0.05) is 6.04 Å². The van der Waals surface area contributed by atoms with E-state index in [-0.39, 0.29) is 5.97 Å². The van der Waals surface area contributed by atoms with Crippen LogP contribution in [0.4, 0.5) is 0 Å². The van der Waals surface area contributed by atoms with Gasteiger partial charge in [-0.15, -0.1) is 0 Å². The minimum atomic E-state index is -0.391. The highest BCUT2D eigenvalue weighted by Crippen LogP contribution is 2.21. The molecule has 1 saturated carbocycles. The smallest absolute Gasteiger partial charge is 0.326 e. The quantitative estimate of drug-likeness (QED) is 0.797. The Morgan fingerprint density at radius 3 is 2.74 bits per heavy atom. The highest BCUT2D eigenvalue weighted by Gasteiger charge is 2.29. The third-order valence-electron chi connectivity index (χ3n) is 3.24. The summed E-state index contributed by atoms with van der Waals surface area (Å²) in [6, 6.07) is 6.06. The molecular weight excluding hydrogens is 242 g/mol. The lowest BCUT2D eigenvalue weighted by molar-refractivity contribution is -0.144. The Bertz CT molecular complexity index is 455. The Balaban J connectivity index is 1.95. The van der Waals surface area contributed by atoms with Gasteiger partial charge in [0.2, 0.25) is 0 Å². The summed E-state index contributed by atoms with van der Waals surface area (Å²) in [5.74, 6) is 0.550. The summed E-state index contributed by atoms with van der Waals surface area (Å²) < 4.78 is 10.5. The molecule has 0 radical (unpaired) electrons. The maximum absolute atomic E-state index is 11.7. The van der Waals surface area contributed by atoms with E-state index < -0.39 is 6.04 Å². The summed E-state index contributed by atoms with van der Waals surface area (Å²) in [5.41, 5.74) is 2.28. The molecule has 1 aliphatic rings. The first-order chi connectivity index (χ1) is 9.10. The van der Waals surface area contributed by atoms with Crippen molar-refractivity contribution in [3.63, 3.8) is 0 Å². The lowest BCUT2D eigenvalue weighted by atomic mass is 10.1. The molecule has 1 aromatic carbocycles. The molecule has 0 aromatic heterocycles. The molecule has 1 aromatic rings.